The molecular weight excluding hydrogens is 735 g/mol. The molecule has 7 nitrogen and oxygen atoms in total. The Bertz CT molecular complexity index is 1400. The van der Waals surface area contributed by atoms with E-state index in [1.54, 1.807) is 30.3 Å². The zero-order valence-corrected chi connectivity index (χ0v) is 24.3. The van der Waals surface area contributed by atoms with Crippen molar-refractivity contribution in [2.75, 3.05) is 5.75 Å². The van der Waals surface area contributed by atoms with E-state index in [9.17, 15) is 9.90 Å². The first-order valence-corrected chi connectivity index (χ1v) is 13.9. The van der Waals surface area contributed by atoms with Crippen LogP contribution in [-0.2, 0) is 4.79 Å². The molecule has 0 spiro atoms. The average Bonchev–Trinajstić information content (AvgIpc) is 3.25. The van der Waals surface area contributed by atoms with E-state index in [-0.39, 0.29) is 17.4 Å². The van der Waals surface area contributed by atoms with E-state index in [1.807, 2.05) is 57.5 Å². The molecule has 0 saturated carbocycles. The molecule has 0 aliphatic carbocycles. The topological polar surface area (TPSA) is 94.3 Å². The van der Waals surface area contributed by atoms with Gasteiger partial charge in [0.2, 0.25) is 0 Å². The van der Waals surface area contributed by atoms with Gasteiger partial charge in [-0.05, 0) is 118 Å². The van der Waals surface area contributed by atoms with Gasteiger partial charge in [0, 0.05) is 19.2 Å². The summed E-state index contributed by atoms with van der Waals surface area (Å²) in [6.07, 6.45) is 1.42. The number of nitrogens with zero attached hydrogens (tertiary/aromatic N) is 3. The number of aromatic amines is 1. The normalized spacial score (nSPS) is 11.2. The third-order valence-corrected chi connectivity index (χ3v) is 7.55. The van der Waals surface area contributed by atoms with Crippen molar-refractivity contribution in [3.05, 3.63) is 83.4 Å². The number of benzene rings is 3. The predicted molar refractivity (Wildman–Crippen MR) is 156 cm³/mol. The summed E-state index contributed by atoms with van der Waals surface area (Å²) in [6, 6.07) is 18.3. The Balaban J connectivity index is 1.51. The van der Waals surface area contributed by atoms with Gasteiger partial charge in [-0.15, -0.1) is 5.10 Å². The van der Waals surface area contributed by atoms with Crippen LogP contribution in [0, 0.1) is 7.14 Å². The van der Waals surface area contributed by atoms with Crippen LogP contribution < -0.4 is 9.99 Å². The molecule has 178 valence electrons. The molecule has 1 amide bonds. The van der Waals surface area contributed by atoms with E-state index in [1.165, 1.54) is 18.0 Å². The quantitative estimate of drug-likeness (QED) is 0.0731. The number of hydrogen-bond acceptors (Lipinski definition) is 5. The minimum atomic E-state index is -0.315. The lowest BCUT2D eigenvalue weighted by molar-refractivity contribution is -0.625. The van der Waals surface area contributed by atoms with Gasteiger partial charge in [-0.2, -0.15) is 9.67 Å². The molecule has 0 unspecified atom stereocenters. The van der Waals surface area contributed by atoms with E-state index in [2.05, 4.69) is 43.3 Å². The number of carbonyl (C=O) groups is 1. The number of nitrogens with one attached hydrogen (secondary N) is 2. The zero-order chi connectivity index (χ0) is 24.9. The highest BCUT2D eigenvalue weighted by atomic mass is 127. The number of halogens is 4. The van der Waals surface area contributed by atoms with Crippen molar-refractivity contribution in [1.29, 1.82) is 0 Å². The lowest BCUT2D eigenvalue weighted by Crippen LogP contribution is -2.34. The number of phenolic OH excluding ortho intramolecular Hbond substituents is 1. The predicted octanol–water partition coefficient (Wildman–Crippen LogP) is 5.82. The van der Waals surface area contributed by atoms with Gasteiger partial charge in [-0.25, -0.2) is 5.43 Å². The first kappa shape index (κ1) is 26.2. The third kappa shape index (κ3) is 6.67. The molecule has 0 aliphatic heterocycles. The Hall–Kier alpha value is -1.87. The number of hydrazone groups is 1. The maximum atomic E-state index is 12.4. The molecule has 0 bridgehead atoms. The van der Waals surface area contributed by atoms with E-state index >= 15 is 0 Å². The van der Waals surface area contributed by atoms with Crippen LogP contribution in [0.1, 0.15) is 5.56 Å². The molecule has 4 aromatic rings. The van der Waals surface area contributed by atoms with Crippen molar-refractivity contribution in [3.63, 3.8) is 0 Å². The largest absolute Gasteiger partial charge is 0.506 e. The zero-order valence-electron chi connectivity index (χ0n) is 17.7. The number of rotatable bonds is 7. The summed E-state index contributed by atoms with van der Waals surface area (Å²) in [7, 11) is 0. The molecule has 0 atom stereocenters. The van der Waals surface area contributed by atoms with Crippen molar-refractivity contribution in [3.8, 4) is 22.8 Å². The molecule has 3 aromatic carbocycles. The monoisotopic (exact) mass is 750 g/mol. The minimum absolute atomic E-state index is 0.0751. The summed E-state index contributed by atoms with van der Waals surface area (Å²) in [4.78, 5) is 12.4. The first-order valence-electron chi connectivity index (χ1n) is 9.97. The number of H-pyrrole nitrogens is 1. The first-order chi connectivity index (χ1) is 16.8. The molecule has 3 N–H and O–H groups in total. The summed E-state index contributed by atoms with van der Waals surface area (Å²) in [5, 5.41) is 23.5. The van der Waals surface area contributed by atoms with Gasteiger partial charge in [0.25, 0.3) is 11.7 Å². The van der Waals surface area contributed by atoms with Crippen LogP contribution >= 0.6 is 80.1 Å². The van der Waals surface area contributed by atoms with Crippen molar-refractivity contribution >= 4 is 92.3 Å². The minimum Gasteiger partial charge on any atom is -0.506 e. The molecule has 0 radical (unpaired) electrons. The fourth-order valence-electron chi connectivity index (χ4n) is 3.04. The molecular formula is C23H16Cl2I2N5O2S+. The highest BCUT2D eigenvalue weighted by Crippen LogP contribution is 2.26. The number of hydrogen-bond donors (Lipinski definition) is 3. The standard InChI is InChI=1S/C23H15Cl2I2N5O2S/c24-15-3-1-13(2-4-15)22-30-31-23(32(22)18-7-5-16(25)6-8-18)35-12-20(33)29-28-11-14-9-17(26)10-19(27)21(14)34/h1-11H,12H2,(H2,28,29,33,34)/p+1. The van der Waals surface area contributed by atoms with Crippen LogP contribution in [0.25, 0.3) is 17.1 Å². The Morgan fingerprint density at radius 1 is 1.11 bits per heavy atom. The number of amides is 1. The molecule has 35 heavy (non-hydrogen) atoms. The summed E-state index contributed by atoms with van der Waals surface area (Å²) in [5.41, 5.74) is 4.73. The molecule has 1 heterocycles. The molecule has 0 saturated heterocycles. The van der Waals surface area contributed by atoms with Gasteiger partial charge in [0.15, 0.2) is 0 Å². The fourth-order valence-corrected chi connectivity index (χ4v) is 5.95. The second-order valence-corrected chi connectivity index (χ2v) is 11.3. The Kier molecular flexibility index (Phi) is 8.92. The van der Waals surface area contributed by atoms with Crippen LogP contribution in [-0.4, -0.2) is 33.2 Å². The van der Waals surface area contributed by atoms with Crippen LogP contribution in [0.3, 0.4) is 0 Å². The van der Waals surface area contributed by atoms with Crippen LogP contribution in [0.5, 0.6) is 5.75 Å². The second kappa shape index (κ2) is 11.9. The summed E-state index contributed by atoms with van der Waals surface area (Å²) < 4.78 is 3.57. The number of thioether (sulfide) groups is 1. The van der Waals surface area contributed by atoms with Gasteiger partial charge in [-0.3, -0.25) is 4.79 Å². The number of aromatic nitrogens is 3. The van der Waals surface area contributed by atoms with Crippen molar-refractivity contribution in [1.82, 2.24) is 15.6 Å². The molecule has 4 rings (SSSR count). The number of aromatic hydroxyl groups is 1. The fraction of sp³-hybridized carbons (Fsp3) is 0.0435. The Morgan fingerprint density at radius 2 is 1.77 bits per heavy atom. The van der Waals surface area contributed by atoms with Crippen molar-refractivity contribution in [2.45, 2.75) is 5.16 Å². The maximum absolute atomic E-state index is 12.4. The Morgan fingerprint density at radius 3 is 2.46 bits per heavy atom. The lowest BCUT2D eigenvalue weighted by Gasteiger charge is -2.05. The van der Waals surface area contributed by atoms with Crippen LogP contribution in [0.15, 0.2) is 70.9 Å². The highest BCUT2D eigenvalue weighted by Gasteiger charge is 2.24. The van der Waals surface area contributed by atoms with E-state index < -0.39 is 0 Å². The van der Waals surface area contributed by atoms with Crippen LogP contribution in [0.2, 0.25) is 10.0 Å². The maximum Gasteiger partial charge on any atom is 0.342 e. The molecule has 0 fully saturated rings. The second-order valence-electron chi connectivity index (χ2n) is 7.08. The SMILES string of the molecule is O=C(CSc1n[nH]c(-c2ccc(Cl)cc2)[n+]1-c1ccc(Cl)cc1)NN=Cc1cc(I)cc(I)c1O. The van der Waals surface area contributed by atoms with E-state index in [0.29, 0.717) is 24.3 Å². The summed E-state index contributed by atoms with van der Waals surface area (Å²) in [5.74, 6) is 0.609. The van der Waals surface area contributed by atoms with Gasteiger partial charge < -0.3 is 5.11 Å². The van der Waals surface area contributed by atoms with Gasteiger partial charge in [0.05, 0.1) is 26.2 Å². The van der Waals surface area contributed by atoms with Gasteiger partial charge in [0.1, 0.15) is 11.4 Å². The third-order valence-electron chi connectivity index (χ3n) is 4.66. The van der Waals surface area contributed by atoms with Crippen molar-refractivity contribution < 1.29 is 14.5 Å². The lowest BCUT2D eigenvalue weighted by atomic mass is 10.2. The smallest absolute Gasteiger partial charge is 0.342 e. The number of carbonyl (C=O) groups excluding carboxylic acids is 1. The van der Waals surface area contributed by atoms with Gasteiger partial charge in [-0.1, -0.05) is 23.2 Å². The van der Waals surface area contributed by atoms with Crippen molar-refractivity contribution in [2.24, 2.45) is 5.10 Å². The van der Waals surface area contributed by atoms with E-state index in [0.717, 1.165) is 20.6 Å². The summed E-state index contributed by atoms with van der Waals surface area (Å²) in [6.45, 7) is 0. The summed E-state index contributed by atoms with van der Waals surface area (Å²) >= 11 is 17.6. The number of phenols is 1. The van der Waals surface area contributed by atoms with Gasteiger partial charge >= 0.3 is 5.16 Å². The highest BCUT2D eigenvalue weighted by molar-refractivity contribution is 14.1. The van der Waals surface area contributed by atoms with E-state index in [4.69, 9.17) is 23.2 Å². The van der Waals surface area contributed by atoms with Crippen LogP contribution in [0.4, 0.5) is 0 Å². The average molecular weight is 751 g/mol. The molecule has 1 aromatic heterocycles. The Labute approximate surface area is 242 Å². The molecule has 0 aliphatic rings. The molecule has 12 heteroatoms.